The van der Waals surface area contributed by atoms with Crippen LogP contribution in [0.4, 0.5) is 0 Å². The molecule has 3 heteroatoms. The number of aromatic carboxylic acids is 1. The summed E-state index contributed by atoms with van der Waals surface area (Å²) in [7, 11) is 0. The highest BCUT2D eigenvalue weighted by atomic mass is 16.5. The molecule has 0 amide bonds. The van der Waals surface area contributed by atoms with Gasteiger partial charge in [-0.25, -0.2) is 4.79 Å². The number of hydrogen-bond donors (Lipinski definition) is 1. The highest BCUT2D eigenvalue weighted by molar-refractivity contribution is 5.87. The van der Waals surface area contributed by atoms with Gasteiger partial charge < -0.3 is 9.84 Å². The van der Waals surface area contributed by atoms with Crippen molar-refractivity contribution in [2.75, 3.05) is 0 Å². The van der Waals surface area contributed by atoms with Gasteiger partial charge in [-0.15, -0.1) is 0 Å². The number of rotatable bonds is 8. The van der Waals surface area contributed by atoms with E-state index in [-0.39, 0.29) is 5.56 Å². The van der Waals surface area contributed by atoms with Gasteiger partial charge in [0.25, 0.3) is 0 Å². The normalized spacial score (nSPS) is 10.6. The number of para-hydroxylation sites is 1. The quantitative estimate of drug-likeness (QED) is 0.366. The summed E-state index contributed by atoms with van der Waals surface area (Å²) < 4.78 is 6.35. The zero-order chi connectivity index (χ0) is 21.5. The lowest BCUT2D eigenvalue weighted by atomic mass is 9.97. The van der Waals surface area contributed by atoms with Crippen LogP contribution in [0, 0.1) is 0 Å². The molecular weight excluding hydrogens is 384 g/mol. The van der Waals surface area contributed by atoms with Gasteiger partial charge in [-0.1, -0.05) is 91.0 Å². The summed E-state index contributed by atoms with van der Waals surface area (Å²) in [5.74, 6) is -0.0444. The van der Waals surface area contributed by atoms with Gasteiger partial charge in [0.1, 0.15) is 12.4 Å². The van der Waals surface area contributed by atoms with Crippen molar-refractivity contribution >= 4 is 5.97 Å². The summed E-state index contributed by atoms with van der Waals surface area (Å²) in [4.78, 5) is 11.1. The fraction of sp³-hybridized carbons (Fsp3) is 0.107. The first-order chi connectivity index (χ1) is 15.2. The van der Waals surface area contributed by atoms with Gasteiger partial charge in [0.05, 0.1) is 5.56 Å². The number of carboxylic acids is 1. The van der Waals surface area contributed by atoms with Crippen LogP contribution in [0.15, 0.2) is 103 Å². The Bertz CT molecular complexity index is 1130. The maximum absolute atomic E-state index is 11.1. The van der Waals surface area contributed by atoms with E-state index in [2.05, 4.69) is 54.6 Å². The third-order valence-electron chi connectivity index (χ3n) is 5.29. The summed E-state index contributed by atoms with van der Waals surface area (Å²) in [5.41, 5.74) is 5.84. The van der Waals surface area contributed by atoms with E-state index in [4.69, 9.17) is 9.84 Å². The van der Waals surface area contributed by atoms with Crippen LogP contribution < -0.4 is 4.74 Å². The number of benzene rings is 4. The first-order valence-electron chi connectivity index (χ1n) is 10.4. The average Bonchev–Trinajstić information content (AvgIpc) is 2.83. The van der Waals surface area contributed by atoms with Crippen molar-refractivity contribution in [1.29, 1.82) is 0 Å². The van der Waals surface area contributed by atoms with Crippen LogP contribution >= 0.6 is 0 Å². The van der Waals surface area contributed by atoms with E-state index < -0.39 is 5.97 Å². The zero-order valence-electron chi connectivity index (χ0n) is 17.2. The van der Waals surface area contributed by atoms with Gasteiger partial charge >= 0.3 is 5.97 Å². The van der Waals surface area contributed by atoms with Crippen molar-refractivity contribution in [1.82, 2.24) is 0 Å². The molecule has 0 aliphatic heterocycles. The molecule has 0 unspecified atom stereocenters. The van der Waals surface area contributed by atoms with Crippen molar-refractivity contribution in [3.8, 4) is 16.9 Å². The first-order valence-corrected chi connectivity index (χ1v) is 10.4. The molecule has 154 valence electrons. The summed E-state index contributed by atoms with van der Waals surface area (Å²) in [6, 6.07) is 33.8. The molecule has 0 heterocycles. The molecule has 0 fully saturated rings. The minimum atomic E-state index is -0.926. The Balaban J connectivity index is 1.61. The van der Waals surface area contributed by atoms with E-state index in [9.17, 15) is 4.79 Å². The standard InChI is InChI=1S/C28H24O3/c29-28(30)25-18-15-22(16-19-25)20-31-27-24(17-14-21-8-3-1-4-9-21)12-7-13-26(27)23-10-5-2-6-11-23/h1-13,15-16,18-19H,14,17,20H2,(H,29,30). The van der Waals surface area contributed by atoms with E-state index in [1.54, 1.807) is 24.3 Å². The zero-order valence-corrected chi connectivity index (χ0v) is 17.2. The Labute approximate surface area is 182 Å². The molecule has 3 nitrogen and oxygen atoms in total. The molecule has 0 spiro atoms. The largest absolute Gasteiger partial charge is 0.488 e. The number of ether oxygens (including phenoxy) is 1. The molecule has 0 saturated carbocycles. The molecule has 4 aromatic rings. The lowest BCUT2D eigenvalue weighted by Gasteiger charge is -2.17. The SMILES string of the molecule is O=C(O)c1ccc(COc2c(CCc3ccccc3)cccc2-c2ccccc2)cc1. The molecule has 0 aromatic heterocycles. The van der Waals surface area contributed by atoms with Gasteiger partial charge in [-0.3, -0.25) is 0 Å². The molecule has 1 N–H and O–H groups in total. The molecule has 0 saturated heterocycles. The fourth-order valence-electron chi connectivity index (χ4n) is 3.62. The molecule has 0 radical (unpaired) electrons. The van der Waals surface area contributed by atoms with Gasteiger partial charge in [-0.05, 0) is 47.2 Å². The fourth-order valence-corrected chi connectivity index (χ4v) is 3.62. The van der Waals surface area contributed by atoms with Crippen molar-refractivity contribution < 1.29 is 14.6 Å². The second-order valence-electron chi connectivity index (χ2n) is 7.44. The maximum Gasteiger partial charge on any atom is 0.335 e. The lowest BCUT2D eigenvalue weighted by Crippen LogP contribution is -2.03. The smallest absolute Gasteiger partial charge is 0.335 e. The van der Waals surface area contributed by atoms with E-state index in [0.29, 0.717) is 6.61 Å². The minimum Gasteiger partial charge on any atom is -0.488 e. The van der Waals surface area contributed by atoms with E-state index in [1.807, 2.05) is 24.3 Å². The monoisotopic (exact) mass is 408 g/mol. The number of aryl methyl sites for hydroxylation is 2. The summed E-state index contributed by atoms with van der Waals surface area (Å²) >= 11 is 0. The number of carbonyl (C=O) groups is 1. The van der Waals surface area contributed by atoms with Crippen LogP contribution in [0.2, 0.25) is 0 Å². The van der Waals surface area contributed by atoms with Crippen LogP contribution in [0.3, 0.4) is 0 Å². The van der Waals surface area contributed by atoms with Crippen molar-refractivity contribution in [2.45, 2.75) is 19.4 Å². The number of hydrogen-bond acceptors (Lipinski definition) is 2. The maximum atomic E-state index is 11.1. The van der Waals surface area contributed by atoms with E-state index in [1.165, 1.54) is 5.56 Å². The molecule has 0 atom stereocenters. The van der Waals surface area contributed by atoms with E-state index >= 15 is 0 Å². The molecule has 0 bridgehead atoms. The Morgan fingerprint density at radius 1 is 0.677 bits per heavy atom. The molecular formula is C28H24O3. The van der Waals surface area contributed by atoms with Crippen molar-refractivity contribution in [3.63, 3.8) is 0 Å². The summed E-state index contributed by atoms with van der Waals surface area (Å²) in [5, 5.41) is 9.10. The van der Waals surface area contributed by atoms with Crippen LogP contribution in [-0.2, 0) is 19.4 Å². The first kappa shape index (κ1) is 20.4. The summed E-state index contributed by atoms with van der Waals surface area (Å²) in [6.45, 7) is 0.377. The molecule has 4 rings (SSSR count). The average molecular weight is 408 g/mol. The van der Waals surface area contributed by atoms with Crippen LogP contribution in [0.5, 0.6) is 5.75 Å². The highest BCUT2D eigenvalue weighted by Gasteiger charge is 2.13. The topological polar surface area (TPSA) is 46.5 Å². The molecule has 4 aromatic carbocycles. The Kier molecular flexibility index (Phi) is 6.44. The highest BCUT2D eigenvalue weighted by Crippen LogP contribution is 2.34. The Hall–Kier alpha value is -3.85. The third-order valence-corrected chi connectivity index (χ3v) is 5.29. The second-order valence-corrected chi connectivity index (χ2v) is 7.44. The van der Waals surface area contributed by atoms with Crippen molar-refractivity contribution in [2.24, 2.45) is 0 Å². The lowest BCUT2D eigenvalue weighted by molar-refractivity contribution is 0.0697. The predicted molar refractivity (Wildman–Crippen MR) is 123 cm³/mol. The van der Waals surface area contributed by atoms with Gasteiger partial charge in [-0.2, -0.15) is 0 Å². The summed E-state index contributed by atoms with van der Waals surface area (Å²) in [6.07, 6.45) is 1.81. The molecule has 0 aliphatic rings. The molecule has 0 aliphatic carbocycles. The third kappa shape index (κ3) is 5.20. The van der Waals surface area contributed by atoms with Gasteiger partial charge in [0.2, 0.25) is 0 Å². The minimum absolute atomic E-state index is 0.275. The Morgan fingerprint density at radius 3 is 2.03 bits per heavy atom. The van der Waals surface area contributed by atoms with Crippen LogP contribution in [0.1, 0.15) is 27.0 Å². The second kappa shape index (κ2) is 9.77. The van der Waals surface area contributed by atoms with Gasteiger partial charge in [0.15, 0.2) is 0 Å². The number of carboxylic acid groups (broad SMARTS) is 1. The van der Waals surface area contributed by atoms with Crippen LogP contribution in [0.25, 0.3) is 11.1 Å². The van der Waals surface area contributed by atoms with E-state index in [0.717, 1.165) is 40.8 Å². The van der Waals surface area contributed by atoms with Crippen LogP contribution in [-0.4, -0.2) is 11.1 Å². The van der Waals surface area contributed by atoms with Gasteiger partial charge in [0, 0.05) is 5.56 Å². The molecule has 31 heavy (non-hydrogen) atoms. The predicted octanol–water partition coefficient (Wildman–Crippen LogP) is 6.42. The Morgan fingerprint density at radius 2 is 1.35 bits per heavy atom. The van der Waals surface area contributed by atoms with Crippen molar-refractivity contribution in [3.05, 3.63) is 125 Å².